The molecule has 0 spiro atoms. The molecule has 6 nitrogen and oxygen atoms in total. The van der Waals surface area contributed by atoms with E-state index in [1.165, 1.54) is 0 Å². The molecule has 7 heteroatoms. The van der Waals surface area contributed by atoms with Crippen LogP contribution in [0.25, 0.3) is 0 Å². The van der Waals surface area contributed by atoms with Crippen molar-refractivity contribution in [3.63, 3.8) is 0 Å². The molecule has 2 N–H and O–H groups in total. The van der Waals surface area contributed by atoms with Crippen molar-refractivity contribution in [2.75, 3.05) is 6.26 Å². The number of rotatable bonds is 4. The van der Waals surface area contributed by atoms with E-state index in [2.05, 4.69) is 5.32 Å². The molecule has 0 bridgehead atoms. The standard InChI is InChI=1S/C13H21NO5S/c1-20(18,19)13(6-2-3-7-13)12(17)14-10-5-4-9(8-10)11(15)16/h9-10H,2-8H2,1H3,(H,14,17)(H,15,16)/t9-,10+/m1/s1. The second-order valence-electron chi connectivity index (χ2n) is 5.99. The number of sulfone groups is 1. The normalized spacial score (nSPS) is 29.2. The molecule has 0 aromatic heterocycles. The van der Waals surface area contributed by atoms with Gasteiger partial charge in [0.15, 0.2) is 9.84 Å². The summed E-state index contributed by atoms with van der Waals surface area (Å²) >= 11 is 0. The Labute approximate surface area is 118 Å². The topological polar surface area (TPSA) is 101 Å². The number of nitrogens with one attached hydrogen (secondary N) is 1. The van der Waals surface area contributed by atoms with Gasteiger partial charge in [0.05, 0.1) is 5.92 Å². The Morgan fingerprint density at radius 3 is 2.25 bits per heavy atom. The average Bonchev–Trinajstić information content (AvgIpc) is 2.96. The number of carbonyl (C=O) groups is 2. The molecule has 20 heavy (non-hydrogen) atoms. The lowest BCUT2D eigenvalue weighted by Gasteiger charge is -2.27. The number of hydrogen-bond donors (Lipinski definition) is 2. The van der Waals surface area contributed by atoms with Crippen LogP contribution in [0.5, 0.6) is 0 Å². The highest BCUT2D eigenvalue weighted by Gasteiger charge is 2.50. The molecular weight excluding hydrogens is 282 g/mol. The Morgan fingerprint density at radius 2 is 1.80 bits per heavy atom. The third-order valence-corrected chi connectivity index (χ3v) is 6.67. The predicted octanol–water partition coefficient (Wildman–Crippen LogP) is 0.713. The highest BCUT2D eigenvalue weighted by atomic mass is 32.2. The van der Waals surface area contributed by atoms with Crippen molar-refractivity contribution in [1.82, 2.24) is 5.32 Å². The first kappa shape index (κ1) is 15.3. The van der Waals surface area contributed by atoms with E-state index in [1.54, 1.807) is 0 Å². The maximum atomic E-state index is 12.4. The molecule has 2 fully saturated rings. The lowest BCUT2D eigenvalue weighted by atomic mass is 10.0. The molecule has 0 aromatic rings. The second kappa shape index (κ2) is 5.35. The Hall–Kier alpha value is -1.11. The van der Waals surface area contributed by atoms with E-state index in [0.29, 0.717) is 32.1 Å². The van der Waals surface area contributed by atoms with Crippen LogP contribution in [-0.2, 0) is 19.4 Å². The summed E-state index contributed by atoms with van der Waals surface area (Å²) in [6.07, 6.45) is 4.85. The summed E-state index contributed by atoms with van der Waals surface area (Å²) < 4.78 is 22.7. The van der Waals surface area contributed by atoms with Gasteiger partial charge in [-0.15, -0.1) is 0 Å². The van der Waals surface area contributed by atoms with E-state index in [1.807, 2.05) is 0 Å². The summed E-state index contributed by atoms with van der Waals surface area (Å²) in [5.41, 5.74) is 0. The highest BCUT2D eigenvalue weighted by Crippen LogP contribution is 2.37. The fourth-order valence-electron chi connectivity index (χ4n) is 3.37. The van der Waals surface area contributed by atoms with Gasteiger partial charge in [0, 0.05) is 12.3 Å². The molecule has 0 aromatic carbocycles. The fourth-order valence-corrected chi connectivity index (χ4v) is 4.79. The van der Waals surface area contributed by atoms with Gasteiger partial charge in [0.2, 0.25) is 5.91 Å². The molecule has 2 atom stereocenters. The summed E-state index contributed by atoms with van der Waals surface area (Å²) in [5, 5.41) is 11.7. The largest absolute Gasteiger partial charge is 0.481 e. The second-order valence-corrected chi connectivity index (χ2v) is 8.32. The van der Waals surface area contributed by atoms with Crippen molar-refractivity contribution >= 4 is 21.7 Å². The summed E-state index contributed by atoms with van der Waals surface area (Å²) in [6.45, 7) is 0. The van der Waals surface area contributed by atoms with Crippen LogP contribution in [0.2, 0.25) is 0 Å². The minimum absolute atomic E-state index is 0.220. The van der Waals surface area contributed by atoms with Crippen LogP contribution in [-0.4, -0.2) is 42.4 Å². The van der Waals surface area contributed by atoms with E-state index in [0.717, 1.165) is 19.1 Å². The van der Waals surface area contributed by atoms with Crippen LogP contribution in [0, 0.1) is 5.92 Å². The van der Waals surface area contributed by atoms with Crippen LogP contribution >= 0.6 is 0 Å². The van der Waals surface area contributed by atoms with Gasteiger partial charge < -0.3 is 10.4 Å². The SMILES string of the molecule is CS(=O)(=O)C1(C(=O)N[C@H]2CC[C@@H](C(=O)O)C2)CCCC1. The Balaban J connectivity index is 2.06. The number of carboxylic acid groups (broad SMARTS) is 1. The summed E-state index contributed by atoms with van der Waals surface area (Å²) in [6, 6.07) is -0.220. The monoisotopic (exact) mass is 303 g/mol. The predicted molar refractivity (Wildman–Crippen MR) is 73.0 cm³/mol. The zero-order valence-corrected chi connectivity index (χ0v) is 12.4. The van der Waals surface area contributed by atoms with Gasteiger partial charge in [0.25, 0.3) is 0 Å². The minimum atomic E-state index is -3.46. The zero-order chi connectivity index (χ0) is 15.0. The maximum Gasteiger partial charge on any atom is 0.306 e. The van der Waals surface area contributed by atoms with Crippen LogP contribution in [0.3, 0.4) is 0 Å². The molecule has 114 valence electrons. The maximum absolute atomic E-state index is 12.4. The quantitative estimate of drug-likeness (QED) is 0.796. The number of aliphatic carboxylic acids is 1. The van der Waals surface area contributed by atoms with Crippen molar-refractivity contribution in [2.24, 2.45) is 5.92 Å². The van der Waals surface area contributed by atoms with Crippen molar-refractivity contribution in [3.05, 3.63) is 0 Å². The summed E-state index contributed by atoms with van der Waals surface area (Å²) in [7, 11) is -3.46. The van der Waals surface area contributed by atoms with Crippen molar-refractivity contribution < 1.29 is 23.1 Å². The molecule has 0 saturated heterocycles. The Bertz CT molecular complexity index is 507. The smallest absolute Gasteiger partial charge is 0.306 e. The van der Waals surface area contributed by atoms with E-state index in [-0.39, 0.29) is 6.04 Å². The minimum Gasteiger partial charge on any atom is -0.481 e. The fraction of sp³-hybridized carbons (Fsp3) is 0.846. The first-order valence-electron chi connectivity index (χ1n) is 7.00. The number of carbonyl (C=O) groups excluding carboxylic acids is 1. The van der Waals surface area contributed by atoms with Crippen molar-refractivity contribution in [3.8, 4) is 0 Å². The molecule has 1 amide bonds. The van der Waals surface area contributed by atoms with Crippen LogP contribution < -0.4 is 5.32 Å². The van der Waals surface area contributed by atoms with Gasteiger partial charge in [-0.1, -0.05) is 12.8 Å². The van der Waals surface area contributed by atoms with Gasteiger partial charge in [-0.05, 0) is 32.1 Å². The molecule has 2 rings (SSSR count). The average molecular weight is 303 g/mol. The van der Waals surface area contributed by atoms with E-state index in [9.17, 15) is 18.0 Å². The van der Waals surface area contributed by atoms with Crippen LogP contribution in [0.4, 0.5) is 0 Å². The van der Waals surface area contributed by atoms with Crippen molar-refractivity contribution in [2.45, 2.75) is 55.7 Å². The molecule has 0 aliphatic heterocycles. The van der Waals surface area contributed by atoms with E-state index < -0.39 is 32.4 Å². The first-order chi connectivity index (χ1) is 9.26. The van der Waals surface area contributed by atoms with Gasteiger partial charge >= 0.3 is 5.97 Å². The van der Waals surface area contributed by atoms with Gasteiger partial charge in [-0.3, -0.25) is 9.59 Å². The molecule has 2 aliphatic rings. The third-order valence-electron chi connectivity index (χ3n) is 4.65. The number of amides is 1. The summed E-state index contributed by atoms with van der Waals surface area (Å²) in [5.74, 6) is -1.72. The number of hydrogen-bond acceptors (Lipinski definition) is 4. The van der Waals surface area contributed by atoms with Crippen molar-refractivity contribution in [1.29, 1.82) is 0 Å². The van der Waals surface area contributed by atoms with Gasteiger partial charge in [0.1, 0.15) is 4.75 Å². The molecule has 0 radical (unpaired) electrons. The Morgan fingerprint density at radius 1 is 1.20 bits per heavy atom. The lowest BCUT2D eigenvalue weighted by molar-refractivity contribution is -0.141. The zero-order valence-electron chi connectivity index (χ0n) is 11.6. The van der Waals surface area contributed by atoms with E-state index >= 15 is 0 Å². The van der Waals surface area contributed by atoms with E-state index in [4.69, 9.17) is 5.11 Å². The van der Waals surface area contributed by atoms with Crippen LogP contribution in [0.1, 0.15) is 44.9 Å². The molecule has 2 saturated carbocycles. The Kier molecular flexibility index (Phi) is 4.09. The van der Waals surface area contributed by atoms with Gasteiger partial charge in [-0.25, -0.2) is 8.42 Å². The molecule has 0 heterocycles. The van der Waals surface area contributed by atoms with Gasteiger partial charge in [-0.2, -0.15) is 0 Å². The highest BCUT2D eigenvalue weighted by molar-refractivity contribution is 7.92. The van der Waals surface area contributed by atoms with Crippen LogP contribution in [0.15, 0.2) is 0 Å². The molecule has 2 aliphatic carbocycles. The number of carboxylic acids is 1. The third kappa shape index (κ3) is 2.68. The summed E-state index contributed by atoms with van der Waals surface area (Å²) in [4.78, 5) is 23.3. The molecular formula is C13H21NO5S. The molecule has 0 unspecified atom stereocenters. The first-order valence-corrected chi connectivity index (χ1v) is 8.89. The lowest BCUT2D eigenvalue weighted by Crippen LogP contribution is -2.52.